The molecule has 1 N–H and O–H groups in total. The second-order valence-corrected chi connectivity index (χ2v) is 5.85. The van der Waals surface area contributed by atoms with Crippen LogP contribution in [0.25, 0.3) is 0 Å². The van der Waals surface area contributed by atoms with Gasteiger partial charge in [-0.2, -0.15) is 0 Å². The SMILES string of the molecule is CCC(NC(C)C1CCOCC1)c1ccc(Cl)cc1. The first kappa shape index (κ1) is 14.8. The van der Waals surface area contributed by atoms with Gasteiger partial charge < -0.3 is 10.1 Å². The maximum absolute atomic E-state index is 5.95. The van der Waals surface area contributed by atoms with E-state index in [-0.39, 0.29) is 0 Å². The Morgan fingerprint density at radius 3 is 2.47 bits per heavy atom. The first-order valence-corrected chi connectivity index (χ1v) is 7.67. The standard InChI is InChI=1S/C16H24ClNO/c1-3-16(14-4-6-15(17)7-5-14)18-12(2)13-8-10-19-11-9-13/h4-7,12-13,16,18H,3,8-11H2,1-2H3. The van der Waals surface area contributed by atoms with Crippen LogP contribution in [0.4, 0.5) is 0 Å². The molecule has 2 rings (SSSR count). The van der Waals surface area contributed by atoms with E-state index in [0.717, 1.165) is 30.6 Å². The smallest absolute Gasteiger partial charge is 0.0469 e. The summed E-state index contributed by atoms with van der Waals surface area (Å²) >= 11 is 5.95. The van der Waals surface area contributed by atoms with Crippen molar-refractivity contribution in [3.8, 4) is 0 Å². The van der Waals surface area contributed by atoms with Crippen LogP contribution in [0.5, 0.6) is 0 Å². The Morgan fingerprint density at radius 1 is 1.26 bits per heavy atom. The predicted molar refractivity (Wildman–Crippen MR) is 80.6 cm³/mol. The Balaban J connectivity index is 1.96. The molecule has 1 aliphatic rings. The molecule has 2 unspecified atom stereocenters. The van der Waals surface area contributed by atoms with Crippen LogP contribution in [-0.4, -0.2) is 19.3 Å². The van der Waals surface area contributed by atoms with Gasteiger partial charge in [0.2, 0.25) is 0 Å². The average molecular weight is 282 g/mol. The van der Waals surface area contributed by atoms with Gasteiger partial charge in [-0.3, -0.25) is 0 Å². The fourth-order valence-electron chi connectivity index (χ4n) is 2.81. The largest absolute Gasteiger partial charge is 0.381 e. The van der Waals surface area contributed by atoms with E-state index in [1.165, 1.54) is 18.4 Å². The molecule has 0 radical (unpaired) electrons. The van der Waals surface area contributed by atoms with Crippen LogP contribution in [0.1, 0.15) is 44.7 Å². The van der Waals surface area contributed by atoms with Gasteiger partial charge >= 0.3 is 0 Å². The molecule has 2 atom stereocenters. The number of ether oxygens (including phenoxy) is 1. The van der Waals surface area contributed by atoms with Crippen molar-refractivity contribution < 1.29 is 4.74 Å². The van der Waals surface area contributed by atoms with Gasteiger partial charge in [-0.05, 0) is 49.8 Å². The number of benzene rings is 1. The number of hydrogen-bond acceptors (Lipinski definition) is 2. The van der Waals surface area contributed by atoms with Gasteiger partial charge in [0.25, 0.3) is 0 Å². The van der Waals surface area contributed by atoms with Crippen LogP contribution in [0.2, 0.25) is 5.02 Å². The summed E-state index contributed by atoms with van der Waals surface area (Å²) in [6.07, 6.45) is 3.44. The fraction of sp³-hybridized carbons (Fsp3) is 0.625. The van der Waals surface area contributed by atoms with Crippen molar-refractivity contribution in [3.05, 3.63) is 34.9 Å². The molecule has 0 saturated carbocycles. The topological polar surface area (TPSA) is 21.3 Å². The molecule has 0 amide bonds. The van der Waals surface area contributed by atoms with Crippen molar-refractivity contribution >= 4 is 11.6 Å². The molecular weight excluding hydrogens is 258 g/mol. The summed E-state index contributed by atoms with van der Waals surface area (Å²) in [5.74, 6) is 0.732. The van der Waals surface area contributed by atoms with Gasteiger partial charge in [0.1, 0.15) is 0 Å². The highest BCUT2D eigenvalue weighted by atomic mass is 35.5. The highest BCUT2D eigenvalue weighted by Gasteiger charge is 2.22. The summed E-state index contributed by atoms with van der Waals surface area (Å²) in [7, 11) is 0. The Bertz CT molecular complexity index is 373. The molecule has 1 fully saturated rings. The monoisotopic (exact) mass is 281 g/mol. The molecule has 1 aliphatic heterocycles. The molecule has 1 saturated heterocycles. The molecule has 0 aromatic heterocycles. The number of rotatable bonds is 5. The van der Waals surface area contributed by atoms with Crippen molar-refractivity contribution in [2.75, 3.05) is 13.2 Å². The Morgan fingerprint density at radius 2 is 1.89 bits per heavy atom. The third kappa shape index (κ3) is 4.20. The van der Waals surface area contributed by atoms with Gasteiger partial charge in [0.15, 0.2) is 0 Å². The second-order valence-electron chi connectivity index (χ2n) is 5.42. The summed E-state index contributed by atoms with van der Waals surface area (Å²) in [4.78, 5) is 0. The van der Waals surface area contributed by atoms with Crippen molar-refractivity contribution in [1.82, 2.24) is 5.32 Å². The summed E-state index contributed by atoms with van der Waals surface area (Å²) in [6.45, 7) is 6.35. The third-order valence-corrected chi connectivity index (χ3v) is 4.37. The van der Waals surface area contributed by atoms with Crippen molar-refractivity contribution in [2.45, 2.75) is 45.2 Å². The Kier molecular flexibility index (Phi) is 5.68. The molecule has 1 aromatic carbocycles. The van der Waals surface area contributed by atoms with E-state index in [1.807, 2.05) is 12.1 Å². The van der Waals surface area contributed by atoms with Crippen molar-refractivity contribution in [2.24, 2.45) is 5.92 Å². The zero-order valence-corrected chi connectivity index (χ0v) is 12.6. The second kappa shape index (κ2) is 7.28. The van der Waals surface area contributed by atoms with Crippen LogP contribution < -0.4 is 5.32 Å². The van der Waals surface area contributed by atoms with E-state index >= 15 is 0 Å². The van der Waals surface area contributed by atoms with Gasteiger partial charge in [0.05, 0.1) is 0 Å². The summed E-state index contributed by atoms with van der Waals surface area (Å²) < 4.78 is 5.44. The molecular formula is C16H24ClNO. The lowest BCUT2D eigenvalue weighted by Crippen LogP contribution is -2.38. The van der Waals surface area contributed by atoms with E-state index < -0.39 is 0 Å². The highest BCUT2D eigenvalue weighted by Crippen LogP contribution is 2.24. The predicted octanol–water partition coefficient (Wildman–Crippen LogP) is 4.20. The normalized spacial score (nSPS) is 20.2. The van der Waals surface area contributed by atoms with Gasteiger partial charge in [-0.15, -0.1) is 0 Å². The molecule has 3 heteroatoms. The van der Waals surface area contributed by atoms with Crippen molar-refractivity contribution in [1.29, 1.82) is 0 Å². The summed E-state index contributed by atoms with van der Waals surface area (Å²) in [5, 5.41) is 4.58. The third-order valence-electron chi connectivity index (χ3n) is 4.12. The van der Waals surface area contributed by atoms with Gasteiger partial charge in [-0.25, -0.2) is 0 Å². The molecule has 1 aromatic rings. The van der Waals surface area contributed by atoms with E-state index in [9.17, 15) is 0 Å². The van der Waals surface area contributed by atoms with E-state index in [0.29, 0.717) is 12.1 Å². The molecule has 0 bridgehead atoms. The molecule has 1 heterocycles. The van der Waals surface area contributed by atoms with Crippen LogP contribution in [0.15, 0.2) is 24.3 Å². The maximum Gasteiger partial charge on any atom is 0.0469 e. The molecule has 19 heavy (non-hydrogen) atoms. The lowest BCUT2D eigenvalue weighted by Gasteiger charge is -2.31. The van der Waals surface area contributed by atoms with Crippen LogP contribution in [-0.2, 0) is 4.74 Å². The minimum absolute atomic E-state index is 0.412. The maximum atomic E-state index is 5.95. The highest BCUT2D eigenvalue weighted by molar-refractivity contribution is 6.30. The summed E-state index contributed by atoms with van der Waals surface area (Å²) in [6, 6.07) is 9.14. The number of nitrogens with one attached hydrogen (secondary N) is 1. The number of halogens is 1. The van der Waals surface area contributed by atoms with Crippen LogP contribution in [0.3, 0.4) is 0 Å². The zero-order valence-electron chi connectivity index (χ0n) is 11.9. The van der Waals surface area contributed by atoms with E-state index in [2.05, 4.69) is 31.3 Å². The van der Waals surface area contributed by atoms with E-state index in [1.54, 1.807) is 0 Å². The fourth-order valence-corrected chi connectivity index (χ4v) is 2.94. The number of hydrogen-bond donors (Lipinski definition) is 1. The van der Waals surface area contributed by atoms with Crippen LogP contribution in [0, 0.1) is 5.92 Å². The summed E-state index contributed by atoms with van der Waals surface area (Å²) in [5.41, 5.74) is 1.32. The van der Waals surface area contributed by atoms with Gasteiger partial charge in [-0.1, -0.05) is 30.7 Å². The molecule has 2 nitrogen and oxygen atoms in total. The minimum atomic E-state index is 0.412. The Labute approximate surface area is 121 Å². The van der Waals surface area contributed by atoms with Crippen LogP contribution >= 0.6 is 11.6 Å². The Hall–Kier alpha value is -0.570. The molecule has 0 spiro atoms. The first-order valence-electron chi connectivity index (χ1n) is 7.30. The van der Waals surface area contributed by atoms with Gasteiger partial charge in [0, 0.05) is 30.3 Å². The average Bonchev–Trinajstić information content (AvgIpc) is 2.46. The first-order chi connectivity index (χ1) is 9.20. The van der Waals surface area contributed by atoms with E-state index in [4.69, 9.17) is 16.3 Å². The molecule has 0 aliphatic carbocycles. The van der Waals surface area contributed by atoms with Crippen molar-refractivity contribution in [3.63, 3.8) is 0 Å². The lowest BCUT2D eigenvalue weighted by atomic mass is 9.91. The lowest BCUT2D eigenvalue weighted by molar-refractivity contribution is 0.0543. The minimum Gasteiger partial charge on any atom is -0.381 e. The quantitative estimate of drug-likeness (QED) is 0.873. The molecule has 106 valence electrons. The zero-order chi connectivity index (χ0) is 13.7.